The summed E-state index contributed by atoms with van der Waals surface area (Å²) in [5, 5.41) is 8.80. The lowest BCUT2D eigenvalue weighted by molar-refractivity contribution is 0.603. The van der Waals surface area contributed by atoms with Crippen molar-refractivity contribution in [1.82, 2.24) is 43.8 Å². The maximum atomic E-state index is 13.9. The van der Waals surface area contributed by atoms with Crippen LogP contribution in [0, 0.1) is 6.92 Å². The molecule has 7 rings (SSSR count). The standard InChI is InChI=1S/C30H27N9O/c1-18(2)38-17-34-36-29(38)24-5-4-6-28(35-24)39-16-33-25-11-22(21-8-7-19(3)31-13-21)27(12-23(25)30(39)40)37-14-26(32-15-37)20-9-10-20/h4-8,11-18,20H,9-10H2,1-3H3. The lowest BCUT2D eigenvalue weighted by Crippen LogP contribution is -2.20. The number of aryl methyl sites for hydroxylation is 1. The Hall–Kier alpha value is -4.99. The van der Waals surface area contributed by atoms with Crippen LogP contribution in [0.4, 0.5) is 0 Å². The van der Waals surface area contributed by atoms with Crippen LogP contribution in [0.15, 0.2) is 78.6 Å². The minimum absolute atomic E-state index is 0.167. The van der Waals surface area contributed by atoms with Crippen LogP contribution in [0.5, 0.6) is 0 Å². The van der Waals surface area contributed by atoms with Gasteiger partial charge in [-0.05, 0) is 63.9 Å². The highest BCUT2D eigenvalue weighted by Crippen LogP contribution is 2.39. The Kier molecular flexibility index (Phi) is 5.62. The van der Waals surface area contributed by atoms with Gasteiger partial charge in [0.25, 0.3) is 5.56 Å². The van der Waals surface area contributed by atoms with Crippen LogP contribution in [-0.4, -0.2) is 43.8 Å². The summed E-state index contributed by atoms with van der Waals surface area (Å²) >= 11 is 0. The second-order valence-corrected chi connectivity index (χ2v) is 10.5. The van der Waals surface area contributed by atoms with Gasteiger partial charge < -0.3 is 9.13 Å². The Morgan fingerprint density at radius 2 is 1.85 bits per heavy atom. The maximum Gasteiger partial charge on any atom is 0.267 e. The molecule has 1 fully saturated rings. The summed E-state index contributed by atoms with van der Waals surface area (Å²) in [6.45, 7) is 6.07. The van der Waals surface area contributed by atoms with Gasteiger partial charge in [-0.15, -0.1) is 10.2 Å². The molecule has 5 aromatic heterocycles. The molecule has 5 heterocycles. The molecule has 0 saturated heterocycles. The van der Waals surface area contributed by atoms with Crippen LogP contribution >= 0.6 is 0 Å². The Morgan fingerprint density at radius 3 is 2.62 bits per heavy atom. The SMILES string of the molecule is Cc1ccc(-c2cc3ncn(-c4cccc(-c5nncn5C(C)C)n4)c(=O)c3cc2-n2cnc(C3CC3)c2)cn1. The third kappa shape index (κ3) is 4.17. The fraction of sp³-hybridized carbons (Fsp3) is 0.233. The molecule has 0 unspecified atom stereocenters. The summed E-state index contributed by atoms with van der Waals surface area (Å²) < 4.78 is 5.42. The summed E-state index contributed by atoms with van der Waals surface area (Å²) in [4.78, 5) is 32.5. The molecular weight excluding hydrogens is 502 g/mol. The Balaban J connectivity index is 1.39. The number of aromatic nitrogens is 9. The van der Waals surface area contributed by atoms with Crippen molar-refractivity contribution in [2.75, 3.05) is 0 Å². The average Bonchev–Trinajstić information content (AvgIpc) is 3.48. The molecule has 6 aromatic rings. The Labute approximate surface area is 230 Å². The third-order valence-corrected chi connectivity index (χ3v) is 7.31. The van der Waals surface area contributed by atoms with E-state index in [1.54, 1.807) is 12.4 Å². The lowest BCUT2D eigenvalue weighted by Gasteiger charge is -2.14. The van der Waals surface area contributed by atoms with Crippen LogP contribution in [0.25, 0.3) is 45.1 Å². The van der Waals surface area contributed by atoms with Gasteiger partial charge in [0.05, 0.1) is 28.6 Å². The quantitative estimate of drug-likeness (QED) is 0.297. The first-order valence-corrected chi connectivity index (χ1v) is 13.4. The van der Waals surface area contributed by atoms with E-state index in [-0.39, 0.29) is 11.6 Å². The van der Waals surface area contributed by atoms with Gasteiger partial charge in [-0.3, -0.25) is 14.3 Å². The van der Waals surface area contributed by atoms with Gasteiger partial charge in [0.15, 0.2) is 5.82 Å². The minimum Gasteiger partial charge on any atom is -0.310 e. The molecule has 0 atom stereocenters. The number of hydrogen-bond acceptors (Lipinski definition) is 7. The number of benzene rings is 1. The van der Waals surface area contributed by atoms with Crippen molar-refractivity contribution in [3.8, 4) is 34.2 Å². The van der Waals surface area contributed by atoms with Gasteiger partial charge in [-0.2, -0.15) is 0 Å². The molecule has 10 nitrogen and oxygen atoms in total. The molecule has 0 bridgehead atoms. The fourth-order valence-corrected chi connectivity index (χ4v) is 4.94. The maximum absolute atomic E-state index is 13.9. The zero-order valence-electron chi connectivity index (χ0n) is 22.4. The van der Waals surface area contributed by atoms with Gasteiger partial charge in [0.1, 0.15) is 24.2 Å². The van der Waals surface area contributed by atoms with E-state index in [1.807, 2.05) is 65.0 Å². The molecule has 0 amide bonds. The highest BCUT2D eigenvalue weighted by molar-refractivity contribution is 5.89. The van der Waals surface area contributed by atoms with Gasteiger partial charge >= 0.3 is 0 Å². The Bertz CT molecular complexity index is 1930. The van der Waals surface area contributed by atoms with E-state index in [0.29, 0.717) is 34.2 Å². The topological polar surface area (TPSA) is 109 Å². The van der Waals surface area contributed by atoms with Crippen LogP contribution in [0.3, 0.4) is 0 Å². The largest absolute Gasteiger partial charge is 0.310 e. The van der Waals surface area contributed by atoms with E-state index >= 15 is 0 Å². The van der Waals surface area contributed by atoms with Crippen LogP contribution in [-0.2, 0) is 0 Å². The summed E-state index contributed by atoms with van der Waals surface area (Å²) in [7, 11) is 0. The molecule has 1 aromatic carbocycles. The molecule has 198 valence electrons. The molecule has 10 heteroatoms. The second-order valence-electron chi connectivity index (χ2n) is 10.5. The number of hydrogen-bond donors (Lipinski definition) is 0. The zero-order valence-corrected chi connectivity index (χ0v) is 22.4. The Morgan fingerprint density at radius 1 is 0.975 bits per heavy atom. The summed E-state index contributed by atoms with van der Waals surface area (Å²) in [6.07, 6.45) is 11.3. The third-order valence-electron chi connectivity index (χ3n) is 7.31. The number of pyridine rings is 2. The van der Waals surface area contributed by atoms with E-state index in [0.717, 1.165) is 41.0 Å². The molecule has 1 aliphatic carbocycles. The summed E-state index contributed by atoms with van der Waals surface area (Å²) in [5.74, 6) is 1.62. The van der Waals surface area contributed by atoms with E-state index in [4.69, 9.17) is 4.98 Å². The first-order valence-electron chi connectivity index (χ1n) is 13.4. The van der Waals surface area contributed by atoms with Crippen LogP contribution < -0.4 is 5.56 Å². The van der Waals surface area contributed by atoms with Crippen LogP contribution in [0.2, 0.25) is 0 Å². The molecule has 0 radical (unpaired) electrons. The predicted molar refractivity (Wildman–Crippen MR) is 152 cm³/mol. The first kappa shape index (κ1) is 24.1. The molecule has 40 heavy (non-hydrogen) atoms. The van der Waals surface area contributed by atoms with Crippen molar-refractivity contribution >= 4 is 10.9 Å². The molecule has 1 aliphatic rings. The van der Waals surface area contributed by atoms with Crippen molar-refractivity contribution in [3.63, 3.8) is 0 Å². The number of imidazole rings is 1. The van der Waals surface area contributed by atoms with Crippen LogP contribution in [0.1, 0.15) is 50.0 Å². The van der Waals surface area contributed by atoms with E-state index < -0.39 is 0 Å². The smallest absolute Gasteiger partial charge is 0.267 e. The highest BCUT2D eigenvalue weighted by Gasteiger charge is 2.26. The normalized spacial score (nSPS) is 13.4. The monoisotopic (exact) mass is 529 g/mol. The van der Waals surface area contributed by atoms with Gasteiger partial charge in [-0.1, -0.05) is 12.1 Å². The number of fused-ring (bicyclic) bond motifs is 1. The molecule has 0 aliphatic heterocycles. The van der Waals surface area contributed by atoms with Crippen molar-refractivity contribution < 1.29 is 0 Å². The molecule has 1 saturated carbocycles. The zero-order chi connectivity index (χ0) is 27.4. The lowest BCUT2D eigenvalue weighted by atomic mass is 10.0. The van der Waals surface area contributed by atoms with E-state index in [1.165, 1.54) is 10.9 Å². The predicted octanol–water partition coefficient (Wildman–Crippen LogP) is 5.05. The summed E-state index contributed by atoms with van der Waals surface area (Å²) in [5.41, 5.74) is 5.75. The number of rotatable bonds is 6. The van der Waals surface area contributed by atoms with Gasteiger partial charge in [0.2, 0.25) is 0 Å². The number of nitrogens with zero attached hydrogens (tertiary/aromatic N) is 9. The van der Waals surface area contributed by atoms with Gasteiger partial charge in [-0.25, -0.2) is 15.0 Å². The highest BCUT2D eigenvalue weighted by atomic mass is 16.1. The van der Waals surface area contributed by atoms with Crippen molar-refractivity contribution in [3.05, 3.63) is 95.6 Å². The summed E-state index contributed by atoms with van der Waals surface area (Å²) in [6, 6.07) is 13.6. The van der Waals surface area contributed by atoms with E-state index in [2.05, 4.69) is 45.2 Å². The molecular formula is C30H27N9O. The fourth-order valence-electron chi connectivity index (χ4n) is 4.94. The van der Waals surface area contributed by atoms with E-state index in [9.17, 15) is 4.79 Å². The molecule has 0 N–H and O–H groups in total. The van der Waals surface area contributed by atoms with Crippen molar-refractivity contribution in [2.45, 2.75) is 45.6 Å². The second kappa shape index (κ2) is 9.33. The molecule has 0 spiro atoms. The minimum atomic E-state index is -0.211. The van der Waals surface area contributed by atoms with Crippen molar-refractivity contribution in [1.29, 1.82) is 0 Å². The first-order chi connectivity index (χ1) is 19.5. The van der Waals surface area contributed by atoms with Gasteiger partial charge in [0, 0.05) is 41.2 Å². The van der Waals surface area contributed by atoms with Crippen molar-refractivity contribution in [2.24, 2.45) is 0 Å². The average molecular weight is 530 g/mol.